The third-order valence-electron chi connectivity index (χ3n) is 5.30. The first kappa shape index (κ1) is 17.8. The topological polar surface area (TPSA) is 68.1 Å². The molecule has 0 aromatic carbocycles. The Bertz CT molecular complexity index is 838. The van der Waals surface area contributed by atoms with Crippen LogP contribution in [0.2, 0.25) is 0 Å². The van der Waals surface area contributed by atoms with Gasteiger partial charge in [0.25, 0.3) is 0 Å². The third kappa shape index (κ3) is 3.15. The fourth-order valence-electron chi connectivity index (χ4n) is 3.50. The van der Waals surface area contributed by atoms with Crippen LogP contribution in [-0.2, 0) is 16.9 Å². The first-order chi connectivity index (χ1) is 11.7. The first-order valence-electron chi connectivity index (χ1n) is 8.32. The number of sulfone groups is 1. The van der Waals surface area contributed by atoms with Crippen LogP contribution in [0.4, 0.5) is 10.1 Å². The summed E-state index contributed by atoms with van der Waals surface area (Å²) in [4.78, 5) is 5.81. The van der Waals surface area contributed by atoms with Gasteiger partial charge in [0.2, 0.25) is 15.8 Å². The van der Waals surface area contributed by atoms with Crippen LogP contribution in [0.1, 0.15) is 26.7 Å². The number of rotatable bonds is 4. The Morgan fingerprint density at radius 2 is 1.88 bits per heavy atom. The highest BCUT2D eigenvalue weighted by molar-refractivity contribution is 7.92. The number of pyridine rings is 1. The average Bonchev–Trinajstić information content (AvgIpc) is 3.02. The molecule has 0 spiro atoms. The van der Waals surface area contributed by atoms with Crippen LogP contribution in [0.25, 0.3) is 0 Å². The lowest BCUT2D eigenvalue weighted by Crippen LogP contribution is -2.46. The second kappa shape index (κ2) is 6.40. The molecule has 6 nitrogen and oxygen atoms in total. The summed E-state index contributed by atoms with van der Waals surface area (Å²) in [5.74, 6) is -0.459. The molecule has 25 heavy (non-hydrogen) atoms. The molecule has 1 aliphatic rings. The minimum absolute atomic E-state index is 0.0389. The van der Waals surface area contributed by atoms with E-state index >= 15 is 0 Å². The summed E-state index contributed by atoms with van der Waals surface area (Å²) in [6, 6.07) is 4.61. The van der Waals surface area contributed by atoms with Gasteiger partial charge in [0.15, 0.2) is 5.03 Å². The van der Waals surface area contributed by atoms with Gasteiger partial charge in [-0.3, -0.25) is 4.68 Å². The maximum absolute atomic E-state index is 13.1. The monoisotopic (exact) mass is 366 g/mol. The van der Waals surface area contributed by atoms with Crippen LogP contribution in [-0.4, -0.2) is 41.0 Å². The number of aryl methyl sites for hydroxylation is 1. The molecule has 1 aliphatic heterocycles. The first-order valence-corrected chi connectivity index (χ1v) is 9.81. The molecule has 1 saturated heterocycles. The van der Waals surface area contributed by atoms with Crippen molar-refractivity contribution in [2.24, 2.45) is 13.0 Å². The Morgan fingerprint density at radius 3 is 2.40 bits per heavy atom. The van der Waals surface area contributed by atoms with E-state index in [1.54, 1.807) is 33.0 Å². The Morgan fingerprint density at radius 1 is 1.20 bits per heavy atom. The smallest absolute Gasteiger partial charge is 0.212 e. The fourth-order valence-corrected chi connectivity index (χ4v) is 5.35. The van der Waals surface area contributed by atoms with Crippen molar-refractivity contribution in [2.45, 2.75) is 36.5 Å². The molecule has 3 heterocycles. The van der Waals surface area contributed by atoms with Gasteiger partial charge in [-0.15, -0.1) is 0 Å². The standard InChI is InChI=1S/C17H23FN4O2S/c1-17(2,25(23,24)16-6-9-20-21(16)3)13-7-10-22(11-8-13)14-4-5-15(18)19-12-14/h4-6,9,12-13H,7-8,10-11H2,1-3H3. The molecule has 1 fully saturated rings. The van der Waals surface area contributed by atoms with Crippen LogP contribution < -0.4 is 4.90 Å². The molecule has 3 rings (SSSR count). The SMILES string of the molecule is Cn1nccc1S(=O)(=O)C(C)(C)C1CCN(c2ccc(F)nc2)CC1. The van der Waals surface area contributed by atoms with Gasteiger partial charge in [0.05, 0.1) is 22.8 Å². The third-order valence-corrected chi connectivity index (χ3v) is 7.97. The predicted molar refractivity (Wildman–Crippen MR) is 93.6 cm³/mol. The minimum atomic E-state index is -3.49. The predicted octanol–water partition coefficient (Wildman–Crippen LogP) is 2.42. The van der Waals surface area contributed by atoms with Crippen LogP contribution in [0, 0.1) is 11.9 Å². The maximum Gasteiger partial charge on any atom is 0.212 e. The maximum atomic E-state index is 13.1. The molecule has 2 aromatic rings. The van der Waals surface area contributed by atoms with Gasteiger partial charge in [0, 0.05) is 20.1 Å². The Balaban J connectivity index is 1.75. The molecular weight excluding hydrogens is 343 g/mol. The molecule has 8 heteroatoms. The number of anilines is 1. The van der Waals surface area contributed by atoms with Gasteiger partial charge in [-0.25, -0.2) is 13.4 Å². The summed E-state index contributed by atoms with van der Waals surface area (Å²) in [6.45, 7) is 5.05. The number of piperidine rings is 1. The summed E-state index contributed by atoms with van der Waals surface area (Å²) < 4.78 is 39.7. The largest absolute Gasteiger partial charge is 0.370 e. The van der Waals surface area contributed by atoms with Gasteiger partial charge in [-0.2, -0.15) is 9.49 Å². The van der Waals surface area contributed by atoms with E-state index in [2.05, 4.69) is 15.0 Å². The molecule has 0 aliphatic carbocycles. The van der Waals surface area contributed by atoms with Gasteiger partial charge < -0.3 is 4.90 Å². The number of hydrogen-bond acceptors (Lipinski definition) is 5. The lowest BCUT2D eigenvalue weighted by Gasteiger charge is -2.40. The van der Waals surface area contributed by atoms with Crippen molar-refractivity contribution in [1.29, 1.82) is 0 Å². The van der Waals surface area contributed by atoms with Crippen molar-refractivity contribution in [3.63, 3.8) is 0 Å². The lowest BCUT2D eigenvalue weighted by atomic mass is 9.85. The average molecular weight is 366 g/mol. The van der Waals surface area contributed by atoms with Gasteiger partial charge in [-0.05, 0) is 50.8 Å². The molecule has 0 bridgehead atoms. The van der Waals surface area contributed by atoms with Crippen molar-refractivity contribution in [1.82, 2.24) is 14.8 Å². The van der Waals surface area contributed by atoms with Crippen molar-refractivity contribution < 1.29 is 12.8 Å². The Hall–Kier alpha value is -1.96. The molecule has 0 atom stereocenters. The Labute approximate surface area is 147 Å². The molecule has 2 aromatic heterocycles. The summed E-state index contributed by atoms with van der Waals surface area (Å²) >= 11 is 0. The zero-order valence-corrected chi connectivity index (χ0v) is 15.5. The highest BCUT2D eigenvalue weighted by Crippen LogP contribution is 2.38. The van der Waals surface area contributed by atoms with E-state index in [9.17, 15) is 12.8 Å². The fraction of sp³-hybridized carbons (Fsp3) is 0.529. The molecule has 0 N–H and O–H groups in total. The van der Waals surface area contributed by atoms with Gasteiger partial charge in [-0.1, -0.05) is 0 Å². The lowest BCUT2D eigenvalue weighted by molar-refractivity contribution is 0.323. The summed E-state index contributed by atoms with van der Waals surface area (Å²) in [7, 11) is -1.85. The minimum Gasteiger partial charge on any atom is -0.370 e. The second-order valence-corrected chi connectivity index (χ2v) is 9.48. The normalized spacial score (nSPS) is 17.0. The number of nitrogens with zero attached hydrogens (tertiary/aromatic N) is 4. The van der Waals surface area contributed by atoms with Crippen molar-refractivity contribution in [3.8, 4) is 0 Å². The van der Waals surface area contributed by atoms with E-state index in [-0.39, 0.29) is 10.9 Å². The van der Waals surface area contributed by atoms with Crippen LogP contribution >= 0.6 is 0 Å². The molecule has 136 valence electrons. The molecule has 0 unspecified atom stereocenters. The molecular formula is C17H23FN4O2S. The van der Waals surface area contributed by atoms with E-state index in [1.165, 1.54) is 23.1 Å². The summed E-state index contributed by atoms with van der Waals surface area (Å²) in [5.41, 5.74) is 0.868. The van der Waals surface area contributed by atoms with E-state index in [0.717, 1.165) is 31.6 Å². The highest BCUT2D eigenvalue weighted by Gasteiger charge is 2.45. The van der Waals surface area contributed by atoms with Crippen molar-refractivity contribution >= 4 is 15.5 Å². The Kier molecular flexibility index (Phi) is 4.57. The zero-order chi connectivity index (χ0) is 18.2. The van der Waals surface area contributed by atoms with E-state index in [0.29, 0.717) is 0 Å². The number of hydrogen-bond donors (Lipinski definition) is 0. The van der Waals surface area contributed by atoms with Crippen LogP contribution in [0.5, 0.6) is 0 Å². The van der Waals surface area contributed by atoms with Crippen molar-refractivity contribution in [3.05, 3.63) is 36.5 Å². The highest BCUT2D eigenvalue weighted by atomic mass is 32.2. The quantitative estimate of drug-likeness (QED) is 0.778. The van der Waals surface area contributed by atoms with Crippen molar-refractivity contribution in [2.75, 3.05) is 18.0 Å². The summed E-state index contributed by atoms with van der Waals surface area (Å²) in [6.07, 6.45) is 4.53. The van der Waals surface area contributed by atoms with Crippen LogP contribution in [0.3, 0.4) is 0 Å². The van der Waals surface area contributed by atoms with Crippen LogP contribution in [0.15, 0.2) is 35.6 Å². The van der Waals surface area contributed by atoms with E-state index < -0.39 is 20.5 Å². The molecule has 0 saturated carbocycles. The number of halogens is 1. The van der Waals surface area contributed by atoms with E-state index in [1.807, 2.05) is 0 Å². The summed E-state index contributed by atoms with van der Waals surface area (Å²) in [5, 5.41) is 4.24. The van der Waals surface area contributed by atoms with E-state index in [4.69, 9.17) is 0 Å². The number of aromatic nitrogens is 3. The molecule has 0 radical (unpaired) electrons. The molecule has 0 amide bonds. The second-order valence-electron chi connectivity index (χ2n) is 7.00. The zero-order valence-electron chi connectivity index (χ0n) is 14.7. The van der Waals surface area contributed by atoms with Gasteiger partial charge >= 0.3 is 0 Å². The van der Waals surface area contributed by atoms with Gasteiger partial charge in [0.1, 0.15) is 0 Å².